The normalized spacial score (nSPS) is 10.5. The standard InChI is InChI=1S/C14H19F2NO4/c1-3-20-6-7-21-5-4-17-14(18)10-8-11(15)13(16)12(9-10)19-2/h8-9H,3-7H2,1-2H3,(H,17,18). The number of hydrogen-bond acceptors (Lipinski definition) is 4. The van der Waals surface area contributed by atoms with Crippen LogP contribution >= 0.6 is 0 Å². The summed E-state index contributed by atoms with van der Waals surface area (Å²) in [6, 6.07) is 1.97. The van der Waals surface area contributed by atoms with Gasteiger partial charge >= 0.3 is 0 Å². The highest BCUT2D eigenvalue weighted by atomic mass is 19.2. The molecule has 0 fully saturated rings. The Kier molecular flexibility index (Phi) is 7.63. The van der Waals surface area contributed by atoms with Gasteiger partial charge in [-0.25, -0.2) is 4.39 Å². The van der Waals surface area contributed by atoms with Crippen molar-refractivity contribution < 1.29 is 27.8 Å². The second kappa shape index (κ2) is 9.25. The quantitative estimate of drug-likeness (QED) is 0.706. The monoisotopic (exact) mass is 303 g/mol. The zero-order valence-corrected chi connectivity index (χ0v) is 12.1. The Hall–Kier alpha value is -1.73. The molecule has 0 aliphatic carbocycles. The molecule has 0 bridgehead atoms. The predicted octanol–water partition coefficient (Wildman–Crippen LogP) is 1.76. The van der Waals surface area contributed by atoms with E-state index in [1.807, 2.05) is 6.92 Å². The Labute approximate surface area is 122 Å². The van der Waals surface area contributed by atoms with E-state index in [-0.39, 0.29) is 17.9 Å². The number of methoxy groups -OCH3 is 1. The molecule has 0 radical (unpaired) electrons. The molecular weight excluding hydrogens is 284 g/mol. The molecule has 118 valence electrons. The van der Waals surface area contributed by atoms with Crippen molar-refractivity contribution in [1.29, 1.82) is 0 Å². The number of carbonyl (C=O) groups is 1. The number of hydrogen-bond donors (Lipinski definition) is 1. The minimum atomic E-state index is -1.13. The predicted molar refractivity (Wildman–Crippen MR) is 72.6 cm³/mol. The van der Waals surface area contributed by atoms with E-state index in [4.69, 9.17) is 9.47 Å². The van der Waals surface area contributed by atoms with Gasteiger partial charge in [-0.15, -0.1) is 0 Å². The largest absolute Gasteiger partial charge is 0.494 e. The first-order chi connectivity index (χ1) is 10.1. The van der Waals surface area contributed by atoms with Crippen LogP contribution in [0.5, 0.6) is 5.75 Å². The molecule has 0 aliphatic heterocycles. The molecule has 0 saturated heterocycles. The molecule has 0 aromatic heterocycles. The van der Waals surface area contributed by atoms with Crippen molar-refractivity contribution in [2.45, 2.75) is 6.92 Å². The molecule has 21 heavy (non-hydrogen) atoms. The van der Waals surface area contributed by atoms with Crippen molar-refractivity contribution >= 4 is 5.91 Å². The van der Waals surface area contributed by atoms with Crippen LogP contribution in [0, 0.1) is 11.6 Å². The summed E-state index contributed by atoms with van der Waals surface area (Å²) in [7, 11) is 1.20. The smallest absolute Gasteiger partial charge is 0.251 e. The average Bonchev–Trinajstić information content (AvgIpc) is 2.48. The van der Waals surface area contributed by atoms with Crippen LogP contribution in [-0.2, 0) is 9.47 Å². The van der Waals surface area contributed by atoms with Gasteiger partial charge in [0, 0.05) is 18.7 Å². The Balaban J connectivity index is 2.40. The summed E-state index contributed by atoms with van der Waals surface area (Å²) in [5.74, 6) is -3.09. The third-order valence-corrected chi connectivity index (χ3v) is 2.59. The summed E-state index contributed by atoms with van der Waals surface area (Å²) in [6.45, 7) is 3.99. The first kappa shape index (κ1) is 17.3. The van der Waals surface area contributed by atoms with Gasteiger partial charge in [0.15, 0.2) is 11.6 Å². The minimum absolute atomic E-state index is 0.0138. The van der Waals surface area contributed by atoms with E-state index in [0.717, 1.165) is 12.1 Å². The lowest BCUT2D eigenvalue weighted by atomic mass is 10.2. The van der Waals surface area contributed by atoms with Crippen molar-refractivity contribution in [1.82, 2.24) is 5.32 Å². The molecule has 0 aliphatic rings. The van der Waals surface area contributed by atoms with Crippen molar-refractivity contribution in [3.8, 4) is 5.75 Å². The summed E-state index contributed by atoms with van der Waals surface area (Å²) in [5, 5.41) is 2.54. The van der Waals surface area contributed by atoms with Crippen molar-refractivity contribution in [2.24, 2.45) is 0 Å². The van der Waals surface area contributed by atoms with Crippen molar-refractivity contribution in [3.05, 3.63) is 29.3 Å². The molecule has 0 spiro atoms. The van der Waals surface area contributed by atoms with Gasteiger partial charge in [0.1, 0.15) is 0 Å². The van der Waals surface area contributed by atoms with E-state index >= 15 is 0 Å². The molecular formula is C14H19F2NO4. The van der Waals surface area contributed by atoms with Gasteiger partial charge in [0.05, 0.1) is 26.9 Å². The van der Waals surface area contributed by atoms with Gasteiger partial charge in [0.25, 0.3) is 5.91 Å². The summed E-state index contributed by atoms with van der Waals surface area (Å²) in [5.41, 5.74) is -0.0138. The van der Waals surface area contributed by atoms with E-state index < -0.39 is 17.5 Å². The molecule has 7 heteroatoms. The van der Waals surface area contributed by atoms with Crippen LogP contribution in [-0.4, -0.2) is 46.0 Å². The minimum Gasteiger partial charge on any atom is -0.494 e. The Morgan fingerprint density at radius 2 is 1.90 bits per heavy atom. The Bertz CT molecular complexity index is 469. The van der Waals surface area contributed by atoms with Crippen LogP contribution in [0.4, 0.5) is 8.78 Å². The highest BCUT2D eigenvalue weighted by Crippen LogP contribution is 2.21. The number of nitrogens with one attached hydrogen (secondary N) is 1. The number of rotatable bonds is 9. The molecule has 1 N–H and O–H groups in total. The maximum Gasteiger partial charge on any atom is 0.251 e. The molecule has 0 heterocycles. The van der Waals surface area contributed by atoms with Gasteiger partial charge in [-0.2, -0.15) is 4.39 Å². The molecule has 0 saturated carbocycles. The summed E-state index contributed by atoms with van der Waals surface area (Å²) in [4.78, 5) is 11.8. The fourth-order valence-corrected chi connectivity index (χ4v) is 1.55. The topological polar surface area (TPSA) is 56.8 Å². The highest BCUT2D eigenvalue weighted by Gasteiger charge is 2.15. The first-order valence-electron chi connectivity index (χ1n) is 6.56. The molecule has 1 amide bonds. The van der Waals surface area contributed by atoms with Gasteiger partial charge in [-0.1, -0.05) is 0 Å². The van der Waals surface area contributed by atoms with Gasteiger partial charge in [-0.05, 0) is 19.1 Å². The summed E-state index contributed by atoms with van der Waals surface area (Å²) in [6.07, 6.45) is 0. The second-order valence-corrected chi connectivity index (χ2v) is 4.04. The third-order valence-electron chi connectivity index (χ3n) is 2.59. The second-order valence-electron chi connectivity index (χ2n) is 4.04. The van der Waals surface area contributed by atoms with Crippen LogP contribution in [0.3, 0.4) is 0 Å². The lowest BCUT2D eigenvalue weighted by Crippen LogP contribution is -2.27. The van der Waals surface area contributed by atoms with Gasteiger partial charge < -0.3 is 19.5 Å². The lowest BCUT2D eigenvalue weighted by Gasteiger charge is -2.09. The summed E-state index contributed by atoms with van der Waals surface area (Å²) < 4.78 is 41.5. The Morgan fingerprint density at radius 1 is 1.19 bits per heavy atom. The van der Waals surface area contributed by atoms with E-state index in [1.165, 1.54) is 7.11 Å². The zero-order chi connectivity index (χ0) is 15.7. The van der Waals surface area contributed by atoms with Crippen molar-refractivity contribution in [2.75, 3.05) is 40.1 Å². The fraction of sp³-hybridized carbons (Fsp3) is 0.500. The fourth-order valence-electron chi connectivity index (χ4n) is 1.55. The molecule has 1 rings (SSSR count). The van der Waals surface area contributed by atoms with E-state index in [1.54, 1.807) is 0 Å². The van der Waals surface area contributed by atoms with Crippen LogP contribution in [0.25, 0.3) is 0 Å². The Morgan fingerprint density at radius 3 is 2.57 bits per heavy atom. The van der Waals surface area contributed by atoms with E-state index in [9.17, 15) is 13.6 Å². The number of ether oxygens (including phenoxy) is 3. The van der Waals surface area contributed by atoms with Crippen molar-refractivity contribution in [3.63, 3.8) is 0 Å². The number of amides is 1. The van der Waals surface area contributed by atoms with E-state index in [0.29, 0.717) is 26.4 Å². The molecule has 0 atom stereocenters. The van der Waals surface area contributed by atoms with Gasteiger partial charge in [0.2, 0.25) is 5.82 Å². The van der Waals surface area contributed by atoms with Gasteiger partial charge in [-0.3, -0.25) is 4.79 Å². The van der Waals surface area contributed by atoms with Crippen LogP contribution < -0.4 is 10.1 Å². The van der Waals surface area contributed by atoms with Crippen LogP contribution in [0.2, 0.25) is 0 Å². The van der Waals surface area contributed by atoms with E-state index in [2.05, 4.69) is 10.1 Å². The molecule has 0 unspecified atom stereocenters. The van der Waals surface area contributed by atoms with Crippen LogP contribution in [0.15, 0.2) is 12.1 Å². The zero-order valence-electron chi connectivity index (χ0n) is 12.1. The number of carbonyl (C=O) groups excluding carboxylic acids is 1. The lowest BCUT2D eigenvalue weighted by molar-refractivity contribution is 0.0531. The number of benzene rings is 1. The first-order valence-corrected chi connectivity index (χ1v) is 6.56. The maximum absolute atomic E-state index is 13.3. The number of halogens is 2. The van der Waals surface area contributed by atoms with Crippen LogP contribution in [0.1, 0.15) is 17.3 Å². The maximum atomic E-state index is 13.3. The molecule has 1 aromatic carbocycles. The molecule has 5 nitrogen and oxygen atoms in total. The summed E-state index contributed by atoms with van der Waals surface area (Å²) >= 11 is 0. The highest BCUT2D eigenvalue weighted by molar-refractivity contribution is 5.94. The SMILES string of the molecule is CCOCCOCCNC(=O)c1cc(F)c(F)c(OC)c1. The molecule has 1 aromatic rings. The third kappa shape index (κ3) is 5.65. The average molecular weight is 303 g/mol.